The number of carbonyl (C=O) groups excluding carboxylic acids is 1. The van der Waals surface area contributed by atoms with Crippen molar-refractivity contribution in [1.82, 2.24) is 9.97 Å². The molecule has 3 rings (SSSR count). The number of aromatic amines is 1. The van der Waals surface area contributed by atoms with Gasteiger partial charge in [0.25, 0.3) is 5.91 Å². The third-order valence-corrected chi connectivity index (χ3v) is 3.15. The van der Waals surface area contributed by atoms with E-state index in [9.17, 15) is 4.79 Å². The summed E-state index contributed by atoms with van der Waals surface area (Å²) in [6, 6.07) is 5.60. The fourth-order valence-corrected chi connectivity index (χ4v) is 2.30. The molecule has 2 aromatic rings. The molecule has 1 aromatic carbocycles. The van der Waals surface area contributed by atoms with Crippen molar-refractivity contribution in [2.45, 2.75) is 26.9 Å². The first-order chi connectivity index (χ1) is 10.0. The highest BCUT2D eigenvalue weighted by molar-refractivity contribution is 6.34. The van der Waals surface area contributed by atoms with E-state index in [2.05, 4.69) is 15.3 Å². The van der Waals surface area contributed by atoms with Crippen LogP contribution in [0.15, 0.2) is 24.4 Å². The third kappa shape index (κ3) is 2.67. The van der Waals surface area contributed by atoms with E-state index in [1.165, 1.54) is 0 Å². The smallest absolute Gasteiger partial charge is 0.256 e. The standard InChI is InChI=1S/C16H17N3O2/c1-9(2)21-11-4-5-14-12(6-11)13(16(20)19-14)7-15-17-8-10(3)18-15/h4-9H,1-3H3,(H,17,18)(H,19,20)/b13-7-. The zero-order chi connectivity index (χ0) is 15.0. The molecular weight excluding hydrogens is 266 g/mol. The van der Waals surface area contributed by atoms with Crippen LogP contribution in [0, 0.1) is 6.92 Å². The molecule has 1 aromatic heterocycles. The second-order valence-electron chi connectivity index (χ2n) is 5.34. The van der Waals surface area contributed by atoms with Gasteiger partial charge in [-0.3, -0.25) is 4.79 Å². The fourth-order valence-electron chi connectivity index (χ4n) is 2.30. The molecule has 2 heterocycles. The monoisotopic (exact) mass is 283 g/mol. The molecule has 5 nitrogen and oxygen atoms in total. The highest BCUT2D eigenvalue weighted by Crippen LogP contribution is 2.35. The lowest BCUT2D eigenvalue weighted by molar-refractivity contribution is -0.110. The van der Waals surface area contributed by atoms with E-state index >= 15 is 0 Å². The maximum atomic E-state index is 12.1. The number of H-pyrrole nitrogens is 1. The van der Waals surface area contributed by atoms with Gasteiger partial charge in [0.05, 0.1) is 11.7 Å². The summed E-state index contributed by atoms with van der Waals surface area (Å²) in [7, 11) is 0. The molecule has 1 aliphatic rings. The van der Waals surface area contributed by atoms with Gasteiger partial charge in [0.1, 0.15) is 11.6 Å². The lowest BCUT2D eigenvalue weighted by Gasteiger charge is -2.10. The van der Waals surface area contributed by atoms with E-state index < -0.39 is 0 Å². The van der Waals surface area contributed by atoms with E-state index in [0.29, 0.717) is 11.4 Å². The minimum atomic E-state index is -0.124. The molecule has 21 heavy (non-hydrogen) atoms. The number of imidazole rings is 1. The highest BCUT2D eigenvalue weighted by Gasteiger charge is 2.25. The Kier molecular flexibility index (Phi) is 3.25. The van der Waals surface area contributed by atoms with Gasteiger partial charge in [-0.1, -0.05) is 0 Å². The maximum absolute atomic E-state index is 12.1. The molecule has 108 valence electrons. The number of nitrogens with zero attached hydrogens (tertiary/aromatic N) is 1. The van der Waals surface area contributed by atoms with E-state index in [1.54, 1.807) is 12.3 Å². The first kappa shape index (κ1) is 13.4. The van der Waals surface area contributed by atoms with Gasteiger partial charge >= 0.3 is 0 Å². The van der Waals surface area contributed by atoms with Crippen LogP contribution in [-0.2, 0) is 4.79 Å². The minimum absolute atomic E-state index is 0.0910. The summed E-state index contributed by atoms with van der Waals surface area (Å²) in [6.07, 6.45) is 3.58. The van der Waals surface area contributed by atoms with Crippen LogP contribution in [0.5, 0.6) is 5.75 Å². The van der Waals surface area contributed by atoms with Crippen LogP contribution in [0.1, 0.15) is 30.9 Å². The van der Waals surface area contributed by atoms with Gasteiger partial charge in [-0.05, 0) is 45.0 Å². The minimum Gasteiger partial charge on any atom is -0.491 e. The molecule has 0 spiro atoms. The summed E-state index contributed by atoms with van der Waals surface area (Å²) in [5.74, 6) is 1.29. The number of anilines is 1. The van der Waals surface area contributed by atoms with Crippen molar-refractivity contribution in [2.75, 3.05) is 5.32 Å². The number of nitrogens with one attached hydrogen (secondary N) is 2. The highest BCUT2D eigenvalue weighted by atomic mass is 16.5. The predicted octanol–water partition coefficient (Wildman–Crippen LogP) is 3.00. The summed E-state index contributed by atoms with van der Waals surface area (Å²) < 4.78 is 5.69. The number of ether oxygens (including phenoxy) is 1. The van der Waals surface area contributed by atoms with Gasteiger partial charge in [0, 0.05) is 23.1 Å². The van der Waals surface area contributed by atoms with Crippen LogP contribution in [0.3, 0.4) is 0 Å². The molecule has 1 aliphatic heterocycles. The molecule has 0 aliphatic carbocycles. The molecule has 0 bridgehead atoms. The first-order valence-corrected chi connectivity index (χ1v) is 6.88. The number of carbonyl (C=O) groups is 1. The number of hydrogen-bond acceptors (Lipinski definition) is 3. The quantitative estimate of drug-likeness (QED) is 0.851. The first-order valence-electron chi connectivity index (χ1n) is 6.88. The Morgan fingerprint density at radius 3 is 2.81 bits per heavy atom. The van der Waals surface area contributed by atoms with Gasteiger partial charge < -0.3 is 15.0 Å². The van der Waals surface area contributed by atoms with Crippen LogP contribution in [-0.4, -0.2) is 22.0 Å². The van der Waals surface area contributed by atoms with Crippen molar-refractivity contribution in [2.24, 2.45) is 0 Å². The molecule has 0 unspecified atom stereocenters. The Morgan fingerprint density at radius 1 is 1.33 bits per heavy atom. The second-order valence-corrected chi connectivity index (χ2v) is 5.34. The van der Waals surface area contributed by atoms with Crippen LogP contribution < -0.4 is 10.1 Å². The molecule has 0 atom stereocenters. The Bertz CT molecular complexity index is 729. The Labute approximate surface area is 123 Å². The summed E-state index contributed by atoms with van der Waals surface area (Å²) >= 11 is 0. The van der Waals surface area contributed by atoms with Crippen molar-refractivity contribution < 1.29 is 9.53 Å². The molecule has 0 radical (unpaired) electrons. The Hall–Kier alpha value is -2.56. The van der Waals surface area contributed by atoms with Gasteiger partial charge in [0.15, 0.2) is 0 Å². The van der Waals surface area contributed by atoms with Crippen molar-refractivity contribution in [3.05, 3.63) is 41.5 Å². The number of benzene rings is 1. The van der Waals surface area contributed by atoms with Crippen LogP contribution in [0.4, 0.5) is 5.69 Å². The zero-order valence-electron chi connectivity index (χ0n) is 12.2. The van der Waals surface area contributed by atoms with Crippen LogP contribution >= 0.6 is 0 Å². The van der Waals surface area contributed by atoms with Crippen molar-refractivity contribution >= 4 is 23.2 Å². The number of hydrogen-bond donors (Lipinski definition) is 2. The average molecular weight is 283 g/mol. The predicted molar refractivity (Wildman–Crippen MR) is 82.0 cm³/mol. The summed E-state index contributed by atoms with van der Waals surface area (Å²) in [6.45, 7) is 5.87. The van der Waals surface area contributed by atoms with Gasteiger partial charge in [-0.2, -0.15) is 0 Å². The van der Waals surface area contributed by atoms with Gasteiger partial charge in [-0.15, -0.1) is 0 Å². The molecular formula is C16H17N3O2. The van der Waals surface area contributed by atoms with Crippen molar-refractivity contribution in [1.29, 1.82) is 0 Å². The van der Waals surface area contributed by atoms with E-state index in [-0.39, 0.29) is 12.0 Å². The summed E-state index contributed by atoms with van der Waals surface area (Å²) in [4.78, 5) is 19.4. The van der Waals surface area contributed by atoms with Crippen molar-refractivity contribution in [3.63, 3.8) is 0 Å². The van der Waals surface area contributed by atoms with Gasteiger partial charge in [0.2, 0.25) is 0 Å². The number of rotatable bonds is 3. The number of amides is 1. The zero-order valence-corrected chi connectivity index (χ0v) is 12.2. The van der Waals surface area contributed by atoms with E-state index in [1.807, 2.05) is 39.0 Å². The SMILES string of the molecule is Cc1cnc(/C=C2\C(=O)Nc3ccc(OC(C)C)cc32)[nH]1. The molecule has 0 fully saturated rings. The van der Waals surface area contributed by atoms with E-state index in [4.69, 9.17) is 4.74 Å². The Morgan fingerprint density at radius 2 is 2.14 bits per heavy atom. The summed E-state index contributed by atoms with van der Waals surface area (Å²) in [5.41, 5.74) is 3.18. The number of fused-ring (bicyclic) bond motifs is 1. The second kappa shape index (κ2) is 5.09. The van der Waals surface area contributed by atoms with Crippen LogP contribution in [0.25, 0.3) is 11.6 Å². The molecule has 0 saturated carbocycles. The topological polar surface area (TPSA) is 67.0 Å². The largest absolute Gasteiger partial charge is 0.491 e. The van der Waals surface area contributed by atoms with Crippen LogP contribution in [0.2, 0.25) is 0 Å². The average Bonchev–Trinajstić information content (AvgIpc) is 2.95. The third-order valence-electron chi connectivity index (χ3n) is 3.15. The Balaban J connectivity index is 2.01. The van der Waals surface area contributed by atoms with Crippen molar-refractivity contribution in [3.8, 4) is 5.75 Å². The fraction of sp³-hybridized carbons (Fsp3) is 0.250. The lowest BCUT2D eigenvalue weighted by Crippen LogP contribution is -2.05. The van der Waals surface area contributed by atoms with Gasteiger partial charge in [-0.25, -0.2) is 4.98 Å². The number of aryl methyl sites for hydroxylation is 1. The molecule has 2 N–H and O–H groups in total. The molecule has 5 heteroatoms. The maximum Gasteiger partial charge on any atom is 0.256 e. The summed E-state index contributed by atoms with van der Waals surface area (Å²) in [5, 5.41) is 2.85. The normalized spacial score (nSPS) is 15.4. The molecule has 0 saturated heterocycles. The lowest BCUT2D eigenvalue weighted by atomic mass is 10.1. The number of aromatic nitrogens is 2. The molecule has 1 amide bonds. The van der Waals surface area contributed by atoms with E-state index in [0.717, 1.165) is 22.7 Å².